The van der Waals surface area contributed by atoms with Gasteiger partial charge < -0.3 is 10.2 Å². The second kappa shape index (κ2) is 5.25. The number of carbonyl (C=O) groups is 1. The second-order valence-corrected chi connectivity index (χ2v) is 5.57. The number of rotatable bonds is 4. The lowest BCUT2D eigenvalue weighted by Gasteiger charge is -1.99. The van der Waals surface area contributed by atoms with Crippen LogP contribution in [0.25, 0.3) is 0 Å². The van der Waals surface area contributed by atoms with Gasteiger partial charge in [0.2, 0.25) is 0 Å². The molecule has 2 aromatic rings. The number of hydrogen-bond acceptors (Lipinski definition) is 4. The van der Waals surface area contributed by atoms with Crippen molar-refractivity contribution >= 4 is 29.1 Å². The molecule has 0 aliphatic heterocycles. The van der Waals surface area contributed by atoms with Gasteiger partial charge in [0.1, 0.15) is 10.6 Å². The Kier molecular flexibility index (Phi) is 3.71. The molecule has 2 N–H and O–H groups in total. The lowest BCUT2D eigenvalue weighted by molar-refractivity contribution is 0.0702. The van der Waals surface area contributed by atoms with Gasteiger partial charge in [0.25, 0.3) is 0 Å². The summed E-state index contributed by atoms with van der Waals surface area (Å²) in [7, 11) is 0. The van der Waals surface area contributed by atoms with Crippen LogP contribution in [0.4, 0.5) is 0 Å². The highest BCUT2D eigenvalue weighted by Gasteiger charge is 2.06. The summed E-state index contributed by atoms with van der Waals surface area (Å²) in [6.07, 6.45) is 0. The molecular formula is C12H10O3S2. The summed E-state index contributed by atoms with van der Waals surface area (Å²) in [5.41, 5.74) is 0. The number of phenols is 1. The number of carboxylic acids is 1. The normalized spacial score (nSPS) is 10.4. The van der Waals surface area contributed by atoms with E-state index >= 15 is 0 Å². The van der Waals surface area contributed by atoms with Crippen molar-refractivity contribution in [3.8, 4) is 5.75 Å². The molecule has 0 aliphatic carbocycles. The van der Waals surface area contributed by atoms with Crippen LogP contribution in [-0.4, -0.2) is 16.2 Å². The Morgan fingerprint density at radius 1 is 1.18 bits per heavy atom. The molecule has 0 amide bonds. The number of benzene rings is 1. The Morgan fingerprint density at radius 3 is 2.47 bits per heavy atom. The summed E-state index contributed by atoms with van der Waals surface area (Å²) in [6, 6.07) is 10.4. The van der Waals surface area contributed by atoms with E-state index in [1.54, 1.807) is 30.0 Å². The third-order valence-corrected chi connectivity index (χ3v) is 4.41. The van der Waals surface area contributed by atoms with E-state index in [9.17, 15) is 4.79 Å². The lowest BCUT2D eigenvalue weighted by atomic mass is 10.3. The van der Waals surface area contributed by atoms with E-state index in [-0.39, 0.29) is 5.75 Å². The maximum Gasteiger partial charge on any atom is 0.345 e. The van der Waals surface area contributed by atoms with E-state index in [1.807, 2.05) is 18.2 Å². The van der Waals surface area contributed by atoms with Crippen molar-refractivity contribution in [1.82, 2.24) is 0 Å². The maximum absolute atomic E-state index is 10.7. The molecule has 0 unspecified atom stereocenters. The number of hydrogen-bond donors (Lipinski definition) is 2. The third-order valence-electron chi connectivity index (χ3n) is 2.09. The molecule has 0 saturated heterocycles. The van der Waals surface area contributed by atoms with E-state index < -0.39 is 5.97 Å². The third kappa shape index (κ3) is 3.25. The number of aromatic carboxylic acids is 1. The zero-order valence-electron chi connectivity index (χ0n) is 8.79. The molecule has 0 spiro atoms. The van der Waals surface area contributed by atoms with Gasteiger partial charge in [-0.1, -0.05) is 0 Å². The number of phenolic OH excluding ortho intramolecular Hbond substituents is 1. The summed E-state index contributed by atoms with van der Waals surface area (Å²) in [5, 5.41) is 17.9. The average Bonchev–Trinajstić information content (AvgIpc) is 2.77. The van der Waals surface area contributed by atoms with Gasteiger partial charge in [-0.15, -0.1) is 23.1 Å². The van der Waals surface area contributed by atoms with Crippen LogP contribution in [0.2, 0.25) is 0 Å². The molecule has 17 heavy (non-hydrogen) atoms. The Morgan fingerprint density at radius 2 is 1.88 bits per heavy atom. The molecular weight excluding hydrogens is 256 g/mol. The van der Waals surface area contributed by atoms with Gasteiger partial charge >= 0.3 is 5.97 Å². The highest BCUT2D eigenvalue weighted by molar-refractivity contribution is 7.98. The predicted molar refractivity (Wildman–Crippen MR) is 68.9 cm³/mol. The fourth-order valence-corrected chi connectivity index (χ4v) is 3.06. The monoisotopic (exact) mass is 266 g/mol. The summed E-state index contributed by atoms with van der Waals surface area (Å²) in [5.74, 6) is 0.109. The Hall–Kier alpha value is -1.46. The van der Waals surface area contributed by atoms with Crippen LogP contribution in [0.15, 0.2) is 41.3 Å². The first-order chi connectivity index (χ1) is 8.15. The van der Waals surface area contributed by atoms with E-state index in [0.29, 0.717) is 4.88 Å². The van der Waals surface area contributed by atoms with Crippen LogP contribution in [0.1, 0.15) is 14.5 Å². The molecule has 0 bridgehead atoms. The number of thioether (sulfide) groups is 1. The summed E-state index contributed by atoms with van der Waals surface area (Å²) in [4.78, 5) is 13.1. The molecule has 1 aromatic carbocycles. The standard InChI is InChI=1S/C12H10O3S2/c13-8-1-3-9(4-2-8)16-7-10-5-6-11(17-10)12(14)15/h1-6,13H,7H2,(H,14,15). The Balaban J connectivity index is 1.97. The summed E-state index contributed by atoms with van der Waals surface area (Å²) in [6.45, 7) is 0. The summed E-state index contributed by atoms with van der Waals surface area (Å²) >= 11 is 2.91. The first kappa shape index (κ1) is 12.0. The molecule has 2 rings (SSSR count). The first-order valence-corrected chi connectivity index (χ1v) is 6.69. The van der Waals surface area contributed by atoms with E-state index in [2.05, 4.69) is 0 Å². The largest absolute Gasteiger partial charge is 0.508 e. The van der Waals surface area contributed by atoms with Crippen LogP contribution < -0.4 is 0 Å². The SMILES string of the molecule is O=C(O)c1ccc(CSc2ccc(O)cc2)s1. The van der Waals surface area contributed by atoms with E-state index in [1.165, 1.54) is 11.3 Å². The maximum atomic E-state index is 10.7. The molecule has 0 saturated carbocycles. The molecule has 5 heteroatoms. The van der Waals surface area contributed by atoms with Crippen molar-refractivity contribution < 1.29 is 15.0 Å². The molecule has 0 radical (unpaired) electrons. The smallest absolute Gasteiger partial charge is 0.345 e. The van der Waals surface area contributed by atoms with Crippen molar-refractivity contribution in [3.05, 3.63) is 46.2 Å². The van der Waals surface area contributed by atoms with Crippen LogP contribution in [0, 0.1) is 0 Å². The van der Waals surface area contributed by atoms with Crippen molar-refractivity contribution in [2.75, 3.05) is 0 Å². The molecule has 0 atom stereocenters. The minimum atomic E-state index is -0.879. The highest BCUT2D eigenvalue weighted by atomic mass is 32.2. The van der Waals surface area contributed by atoms with Gasteiger partial charge in [-0.05, 0) is 36.4 Å². The van der Waals surface area contributed by atoms with Gasteiger partial charge in [-0.3, -0.25) is 0 Å². The van der Waals surface area contributed by atoms with Gasteiger partial charge in [0, 0.05) is 15.5 Å². The zero-order chi connectivity index (χ0) is 12.3. The lowest BCUT2D eigenvalue weighted by Crippen LogP contribution is -1.89. The zero-order valence-corrected chi connectivity index (χ0v) is 10.4. The van der Waals surface area contributed by atoms with Crippen LogP contribution in [0.5, 0.6) is 5.75 Å². The van der Waals surface area contributed by atoms with E-state index in [4.69, 9.17) is 10.2 Å². The molecule has 0 fully saturated rings. The molecule has 1 aromatic heterocycles. The predicted octanol–water partition coefficient (Wildman–Crippen LogP) is 3.44. The Labute approximate surface area is 107 Å². The van der Waals surface area contributed by atoms with Crippen LogP contribution in [0.3, 0.4) is 0 Å². The van der Waals surface area contributed by atoms with Crippen LogP contribution >= 0.6 is 23.1 Å². The van der Waals surface area contributed by atoms with Gasteiger partial charge in [0.15, 0.2) is 0 Å². The molecule has 88 valence electrons. The quantitative estimate of drug-likeness (QED) is 0.832. The Bertz CT molecular complexity index is 517. The molecule has 1 heterocycles. The first-order valence-electron chi connectivity index (χ1n) is 4.89. The van der Waals surface area contributed by atoms with Crippen molar-refractivity contribution in [1.29, 1.82) is 0 Å². The fraction of sp³-hybridized carbons (Fsp3) is 0.0833. The number of aromatic hydroxyl groups is 1. The fourth-order valence-electron chi connectivity index (χ4n) is 1.27. The van der Waals surface area contributed by atoms with Gasteiger partial charge in [-0.2, -0.15) is 0 Å². The summed E-state index contributed by atoms with van der Waals surface area (Å²) < 4.78 is 0. The van der Waals surface area contributed by atoms with Gasteiger partial charge in [-0.25, -0.2) is 4.79 Å². The minimum absolute atomic E-state index is 0.249. The van der Waals surface area contributed by atoms with E-state index in [0.717, 1.165) is 15.5 Å². The van der Waals surface area contributed by atoms with Gasteiger partial charge in [0.05, 0.1) is 0 Å². The molecule has 3 nitrogen and oxygen atoms in total. The van der Waals surface area contributed by atoms with Crippen LogP contribution in [-0.2, 0) is 5.75 Å². The second-order valence-electron chi connectivity index (χ2n) is 3.35. The number of carboxylic acid groups (broad SMARTS) is 1. The highest BCUT2D eigenvalue weighted by Crippen LogP contribution is 2.27. The van der Waals surface area contributed by atoms with Crippen molar-refractivity contribution in [2.45, 2.75) is 10.6 Å². The minimum Gasteiger partial charge on any atom is -0.508 e. The average molecular weight is 266 g/mol. The number of thiophene rings is 1. The molecule has 0 aliphatic rings. The van der Waals surface area contributed by atoms with Crippen molar-refractivity contribution in [2.24, 2.45) is 0 Å². The van der Waals surface area contributed by atoms with Crippen molar-refractivity contribution in [3.63, 3.8) is 0 Å². The topological polar surface area (TPSA) is 57.5 Å².